The number of aryl methyl sites for hydroxylation is 2. The maximum atomic E-state index is 3.86. The molecule has 0 spiro atoms. The van der Waals surface area contributed by atoms with Crippen LogP contribution < -0.4 is 0 Å². The lowest BCUT2D eigenvalue weighted by atomic mass is 9.96. The molecule has 0 aliphatic carbocycles. The Hall–Kier alpha value is -1.04. The maximum Gasteiger partial charge on any atom is -0.0225 e. The van der Waals surface area contributed by atoms with Gasteiger partial charge in [0.25, 0.3) is 0 Å². The molecule has 0 bridgehead atoms. The Morgan fingerprint density at radius 1 is 1.23 bits per heavy atom. The molecule has 0 aliphatic rings. The summed E-state index contributed by atoms with van der Waals surface area (Å²) in [5.74, 6) is 0. The van der Waals surface area contributed by atoms with Gasteiger partial charge in [0.15, 0.2) is 0 Å². The highest BCUT2D eigenvalue weighted by Crippen LogP contribution is 2.19. The van der Waals surface area contributed by atoms with E-state index in [-0.39, 0.29) is 0 Å². The lowest BCUT2D eigenvalue weighted by Crippen LogP contribution is -1.94. The molecule has 0 unspecified atom stereocenters. The smallest absolute Gasteiger partial charge is 0.0225 e. The van der Waals surface area contributed by atoms with Crippen LogP contribution in [0, 0.1) is 6.92 Å². The van der Waals surface area contributed by atoms with Gasteiger partial charge in [0.1, 0.15) is 0 Å². The van der Waals surface area contributed by atoms with Crippen LogP contribution in [-0.4, -0.2) is 0 Å². The molecule has 1 aromatic rings. The molecule has 0 heterocycles. The highest BCUT2D eigenvalue weighted by atomic mass is 14.1. The van der Waals surface area contributed by atoms with Gasteiger partial charge < -0.3 is 0 Å². The summed E-state index contributed by atoms with van der Waals surface area (Å²) in [6.45, 7) is 10.4. The molecule has 0 saturated carbocycles. The van der Waals surface area contributed by atoms with Gasteiger partial charge in [-0.05, 0) is 42.0 Å². The van der Waals surface area contributed by atoms with E-state index < -0.39 is 0 Å². The van der Waals surface area contributed by atoms with Crippen LogP contribution in [0.25, 0.3) is 6.08 Å². The third-order valence-corrected chi connectivity index (χ3v) is 2.55. The lowest BCUT2D eigenvalue weighted by molar-refractivity contribution is 1.07. The van der Waals surface area contributed by atoms with Crippen LogP contribution in [0.15, 0.2) is 18.7 Å². The van der Waals surface area contributed by atoms with Gasteiger partial charge in [-0.15, -0.1) is 0 Å². The SMILES string of the molecule is C=Cc1cc(CC)cc(C)c1CC. The van der Waals surface area contributed by atoms with E-state index in [1.54, 1.807) is 0 Å². The van der Waals surface area contributed by atoms with Crippen LogP contribution in [-0.2, 0) is 12.8 Å². The van der Waals surface area contributed by atoms with Gasteiger partial charge in [-0.2, -0.15) is 0 Å². The average molecular weight is 174 g/mol. The van der Waals surface area contributed by atoms with Crippen molar-refractivity contribution in [2.45, 2.75) is 33.6 Å². The second kappa shape index (κ2) is 4.27. The van der Waals surface area contributed by atoms with Crippen LogP contribution in [0.1, 0.15) is 36.1 Å². The highest BCUT2D eigenvalue weighted by Gasteiger charge is 2.02. The summed E-state index contributed by atoms with van der Waals surface area (Å²) in [5.41, 5.74) is 5.55. The Labute approximate surface area is 81.3 Å². The van der Waals surface area contributed by atoms with Crippen LogP contribution in [0.5, 0.6) is 0 Å². The molecule has 13 heavy (non-hydrogen) atoms. The zero-order chi connectivity index (χ0) is 9.84. The first kappa shape index (κ1) is 10.0. The van der Waals surface area contributed by atoms with Gasteiger partial charge in [-0.1, -0.05) is 38.6 Å². The second-order valence-corrected chi connectivity index (χ2v) is 3.39. The van der Waals surface area contributed by atoms with Crippen molar-refractivity contribution in [1.29, 1.82) is 0 Å². The average Bonchev–Trinajstić information content (AvgIpc) is 2.16. The van der Waals surface area contributed by atoms with Crippen LogP contribution in [0.3, 0.4) is 0 Å². The predicted octanol–water partition coefficient (Wildman–Crippen LogP) is 3.76. The number of hydrogen-bond donors (Lipinski definition) is 0. The van der Waals surface area contributed by atoms with Crippen molar-refractivity contribution in [3.63, 3.8) is 0 Å². The summed E-state index contributed by atoms with van der Waals surface area (Å²) in [6.07, 6.45) is 4.16. The monoisotopic (exact) mass is 174 g/mol. The van der Waals surface area contributed by atoms with Crippen molar-refractivity contribution in [2.75, 3.05) is 0 Å². The molecule has 0 aromatic heterocycles. The zero-order valence-electron chi connectivity index (χ0n) is 8.85. The molecule has 0 N–H and O–H groups in total. The summed E-state index contributed by atoms with van der Waals surface area (Å²) in [7, 11) is 0. The predicted molar refractivity (Wildman–Crippen MR) is 60.0 cm³/mol. The third-order valence-electron chi connectivity index (χ3n) is 2.55. The molecular formula is C13H18. The van der Waals surface area contributed by atoms with E-state index in [0.717, 1.165) is 12.8 Å². The summed E-state index contributed by atoms with van der Waals surface area (Å²) >= 11 is 0. The molecule has 0 atom stereocenters. The summed E-state index contributed by atoms with van der Waals surface area (Å²) in [4.78, 5) is 0. The van der Waals surface area contributed by atoms with Crippen molar-refractivity contribution >= 4 is 6.08 Å². The Balaban J connectivity index is 3.28. The van der Waals surface area contributed by atoms with E-state index in [4.69, 9.17) is 0 Å². The Kier molecular flexibility index (Phi) is 3.30. The van der Waals surface area contributed by atoms with E-state index >= 15 is 0 Å². The fraction of sp³-hybridized carbons (Fsp3) is 0.385. The molecule has 0 amide bonds. The first-order valence-corrected chi connectivity index (χ1v) is 4.97. The van der Waals surface area contributed by atoms with Crippen molar-refractivity contribution in [1.82, 2.24) is 0 Å². The zero-order valence-corrected chi connectivity index (χ0v) is 8.85. The minimum Gasteiger partial charge on any atom is -0.0985 e. The summed E-state index contributed by atoms with van der Waals surface area (Å²) in [6, 6.07) is 4.53. The highest BCUT2D eigenvalue weighted by molar-refractivity contribution is 5.56. The molecule has 0 saturated heterocycles. The second-order valence-electron chi connectivity index (χ2n) is 3.39. The summed E-state index contributed by atoms with van der Waals surface area (Å²) in [5, 5.41) is 0. The Morgan fingerprint density at radius 2 is 1.92 bits per heavy atom. The van der Waals surface area contributed by atoms with Gasteiger partial charge in [-0.3, -0.25) is 0 Å². The summed E-state index contributed by atoms with van der Waals surface area (Å²) < 4.78 is 0. The van der Waals surface area contributed by atoms with E-state index in [1.165, 1.54) is 22.3 Å². The third kappa shape index (κ3) is 2.00. The molecule has 1 aromatic carbocycles. The van der Waals surface area contributed by atoms with E-state index in [1.807, 2.05) is 6.08 Å². The maximum absolute atomic E-state index is 3.86. The quantitative estimate of drug-likeness (QED) is 0.654. The molecule has 1 rings (SSSR count). The van der Waals surface area contributed by atoms with Gasteiger partial charge in [0, 0.05) is 0 Å². The van der Waals surface area contributed by atoms with Crippen LogP contribution in [0.2, 0.25) is 0 Å². The van der Waals surface area contributed by atoms with E-state index in [0.29, 0.717) is 0 Å². The minimum atomic E-state index is 1.09. The molecule has 0 aliphatic heterocycles. The normalized spacial score (nSPS) is 10.1. The Morgan fingerprint density at radius 3 is 2.38 bits per heavy atom. The van der Waals surface area contributed by atoms with Gasteiger partial charge in [0.05, 0.1) is 0 Å². The lowest BCUT2D eigenvalue weighted by Gasteiger charge is -2.10. The molecular weight excluding hydrogens is 156 g/mol. The fourth-order valence-electron chi connectivity index (χ4n) is 1.79. The van der Waals surface area contributed by atoms with Gasteiger partial charge in [-0.25, -0.2) is 0 Å². The van der Waals surface area contributed by atoms with E-state index in [9.17, 15) is 0 Å². The van der Waals surface area contributed by atoms with E-state index in [2.05, 4.69) is 39.5 Å². The molecule has 0 heteroatoms. The fourth-order valence-corrected chi connectivity index (χ4v) is 1.79. The first-order chi connectivity index (χ1) is 6.22. The Bertz CT molecular complexity index is 308. The van der Waals surface area contributed by atoms with Gasteiger partial charge >= 0.3 is 0 Å². The van der Waals surface area contributed by atoms with Gasteiger partial charge in [0.2, 0.25) is 0 Å². The van der Waals surface area contributed by atoms with Crippen LogP contribution >= 0.6 is 0 Å². The number of hydrogen-bond acceptors (Lipinski definition) is 0. The molecule has 0 nitrogen and oxygen atoms in total. The largest absolute Gasteiger partial charge is 0.0985 e. The molecule has 0 fully saturated rings. The van der Waals surface area contributed by atoms with Crippen molar-refractivity contribution < 1.29 is 0 Å². The minimum absolute atomic E-state index is 1.09. The standard InChI is InChI=1S/C13H18/c1-5-11-8-10(4)13(7-3)12(6-2)9-11/h6,8-9H,2,5,7H2,1,3-4H3. The number of rotatable bonds is 3. The topological polar surface area (TPSA) is 0 Å². The molecule has 0 radical (unpaired) electrons. The number of benzene rings is 1. The first-order valence-electron chi connectivity index (χ1n) is 4.97. The van der Waals surface area contributed by atoms with Crippen molar-refractivity contribution in [3.8, 4) is 0 Å². The van der Waals surface area contributed by atoms with Crippen LogP contribution in [0.4, 0.5) is 0 Å². The van der Waals surface area contributed by atoms with Crippen molar-refractivity contribution in [3.05, 3.63) is 41.0 Å². The van der Waals surface area contributed by atoms with Crippen molar-refractivity contribution in [2.24, 2.45) is 0 Å². The molecule has 70 valence electrons.